The molecule has 0 saturated heterocycles. The number of nitrogens with zero attached hydrogens (tertiary/aromatic N) is 1. The largest absolute Gasteiger partial charge is 0.463 e. The van der Waals surface area contributed by atoms with Crippen molar-refractivity contribution in [1.29, 1.82) is 5.26 Å². The van der Waals surface area contributed by atoms with Crippen molar-refractivity contribution in [3.63, 3.8) is 0 Å². The molecule has 0 bridgehead atoms. The summed E-state index contributed by atoms with van der Waals surface area (Å²) in [6.45, 7) is 4.13. The van der Waals surface area contributed by atoms with Gasteiger partial charge in [0, 0.05) is 0 Å². The van der Waals surface area contributed by atoms with Crippen molar-refractivity contribution in [2.24, 2.45) is 0 Å². The zero-order chi connectivity index (χ0) is 12.4. The van der Waals surface area contributed by atoms with Crippen molar-refractivity contribution in [3.05, 3.63) is 40.2 Å². The maximum absolute atomic E-state index is 12.1. The summed E-state index contributed by atoms with van der Waals surface area (Å²) >= 11 is 0.830. The second kappa shape index (κ2) is 4.64. The number of benzene rings is 1. The minimum absolute atomic E-state index is 0.139. The van der Waals surface area contributed by atoms with Crippen LogP contribution in [0.5, 0.6) is 0 Å². The van der Waals surface area contributed by atoms with Crippen molar-refractivity contribution >= 4 is 22.7 Å². The van der Waals surface area contributed by atoms with E-state index in [1.807, 2.05) is 17.5 Å². The van der Waals surface area contributed by atoms with Gasteiger partial charge in [0.25, 0.3) is 0 Å². The van der Waals surface area contributed by atoms with Gasteiger partial charge in [-0.3, -0.25) is 4.79 Å². The van der Waals surface area contributed by atoms with E-state index in [2.05, 4.69) is 13.8 Å². The Kier molecular flexibility index (Phi) is 3.21. The van der Waals surface area contributed by atoms with Crippen LogP contribution in [-0.2, 0) is 0 Å². The van der Waals surface area contributed by atoms with E-state index in [-0.39, 0.29) is 5.43 Å². The summed E-state index contributed by atoms with van der Waals surface area (Å²) in [5.41, 5.74) is 1.51. The zero-order valence-corrected chi connectivity index (χ0v) is 10.4. The van der Waals surface area contributed by atoms with Gasteiger partial charge in [-0.25, -0.2) is 0 Å². The first-order chi connectivity index (χ1) is 8.13. The molecular formula is C13H11NO2S. The maximum atomic E-state index is 12.1. The molecule has 1 aromatic heterocycles. The maximum Gasteiger partial charge on any atom is 0.207 e. The first kappa shape index (κ1) is 11.7. The number of rotatable bonds is 2. The van der Waals surface area contributed by atoms with E-state index in [4.69, 9.17) is 9.68 Å². The lowest BCUT2D eigenvalue weighted by Gasteiger charge is -2.06. The van der Waals surface area contributed by atoms with Crippen LogP contribution < -0.4 is 5.43 Å². The summed E-state index contributed by atoms with van der Waals surface area (Å²) in [5.74, 6) is 0.353. The molecule has 0 fully saturated rings. The predicted molar refractivity (Wildman–Crippen MR) is 68.0 cm³/mol. The van der Waals surface area contributed by atoms with Crippen molar-refractivity contribution in [3.8, 4) is 5.40 Å². The van der Waals surface area contributed by atoms with E-state index in [9.17, 15) is 4.79 Å². The molecular weight excluding hydrogens is 234 g/mol. The van der Waals surface area contributed by atoms with Crippen LogP contribution in [0.2, 0.25) is 0 Å². The number of thioether (sulfide) groups is 1. The highest BCUT2D eigenvalue weighted by Crippen LogP contribution is 2.22. The molecule has 0 unspecified atom stereocenters. The lowest BCUT2D eigenvalue weighted by atomic mass is 10.0. The van der Waals surface area contributed by atoms with Gasteiger partial charge in [0.05, 0.1) is 5.39 Å². The lowest BCUT2D eigenvalue weighted by Crippen LogP contribution is -2.04. The van der Waals surface area contributed by atoms with Gasteiger partial charge >= 0.3 is 0 Å². The molecule has 0 radical (unpaired) electrons. The van der Waals surface area contributed by atoms with E-state index in [0.29, 0.717) is 21.8 Å². The van der Waals surface area contributed by atoms with Gasteiger partial charge in [-0.15, -0.1) is 0 Å². The fourth-order valence-electron chi connectivity index (χ4n) is 1.61. The summed E-state index contributed by atoms with van der Waals surface area (Å²) in [5, 5.41) is 11.0. The van der Waals surface area contributed by atoms with Crippen LogP contribution in [0.1, 0.15) is 25.3 Å². The molecule has 0 aliphatic carbocycles. The summed E-state index contributed by atoms with van der Waals surface area (Å²) in [6.07, 6.45) is 1.34. The van der Waals surface area contributed by atoms with Crippen molar-refractivity contribution in [1.82, 2.24) is 0 Å². The summed E-state index contributed by atoms with van der Waals surface area (Å²) in [6, 6.07) is 5.59. The molecule has 0 N–H and O–H groups in total. The molecule has 0 amide bonds. The molecule has 4 heteroatoms. The molecule has 1 aromatic carbocycles. The minimum atomic E-state index is -0.139. The monoisotopic (exact) mass is 245 g/mol. The van der Waals surface area contributed by atoms with E-state index in [1.54, 1.807) is 6.07 Å². The van der Waals surface area contributed by atoms with Gasteiger partial charge in [0.1, 0.15) is 22.1 Å². The molecule has 0 saturated carbocycles. The molecule has 0 spiro atoms. The average Bonchev–Trinajstić information content (AvgIpc) is 2.32. The van der Waals surface area contributed by atoms with E-state index < -0.39 is 0 Å². The molecule has 3 nitrogen and oxygen atoms in total. The summed E-state index contributed by atoms with van der Waals surface area (Å²) in [7, 11) is 0. The average molecular weight is 245 g/mol. The standard InChI is InChI=1S/C13H11NO2S/c1-8(2)9-3-4-11-10(5-9)13(15)12(6-16-11)17-7-14/h3-6,8H,1-2H3. The van der Waals surface area contributed by atoms with Crippen LogP contribution in [0.15, 0.2) is 38.6 Å². The Morgan fingerprint density at radius 2 is 2.18 bits per heavy atom. The second-order valence-corrected chi connectivity index (χ2v) is 4.86. The normalized spacial score (nSPS) is 10.7. The highest BCUT2D eigenvalue weighted by atomic mass is 32.2. The third kappa shape index (κ3) is 2.20. The highest BCUT2D eigenvalue weighted by Gasteiger charge is 2.09. The second-order valence-electron chi connectivity index (χ2n) is 4.03. The SMILES string of the molecule is CC(C)c1ccc2occ(SC#N)c(=O)c2c1. The number of fused-ring (bicyclic) bond motifs is 1. The summed E-state index contributed by atoms with van der Waals surface area (Å²) in [4.78, 5) is 12.4. The fourth-order valence-corrected chi connectivity index (χ4v) is 2.01. The van der Waals surface area contributed by atoms with Crippen LogP contribution in [-0.4, -0.2) is 0 Å². The Bertz CT molecular complexity index is 652. The number of thiocyanates is 1. The van der Waals surface area contributed by atoms with Crippen molar-refractivity contribution in [2.75, 3.05) is 0 Å². The zero-order valence-electron chi connectivity index (χ0n) is 9.56. The molecule has 0 atom stereocenters. The third-order valence-electron chi connectivity index (χ3n) is 2.59. The smallest absolute Gasteiger partial charge is 0.207 e. The molecule has 2 aromatic rings. The van der Waals surface area contributed by atoms with Crippen LogP contribution in [0.4, 0.5) is 0 Å². The van der Waals surface area contributed by atoms with Gasteiger partial charge in [0.15, 0.2) is 0 Å². The van der Waals surface area contributed by atoms with Crippen LogP contribution in [0.25, 0.3) is 11.0 Å². The quantitative estimate of drug-likeness (QED) is 0.600. The topological polar surface area (TPSA) is 54.0 Å². The van der Waals surface area contributed by atoms with Crippen LogP contribution in [0, 0.1) is 10.7 Å². The first-order valence-electron chi connectivity index (χ1n) is 5.25. The first-order valence-corrected chi connectivity index (χ1v) is 6.06. The van der Waals surface area contributed by atoms with Crippen molar-refractivity contribution < 1.29 is 4.42 Å². The number of hydrogen-bond acceptors (Lipinski definition) is 4. The lowest BCUT2D eigenvalue weighted by molar-refractivity contribution is 0.587. The molecule has 0 aliphatic heterocycles. The van der Waals surface area contributed by atoms with Crippen LogP contribution in [0.3, 0.4) is 0 Å². The Balaban J connectivity index is 2.70. The number of nitriles is 1. The van der Waals surface area contributed by atoms with Gasteiger partial charge in [-0.05, 0) is 35.4 Å². The van der Waals surface area contributed by atoms with E-state index in [0.717, 1.165) is 17.3 Å². The van der Waals surface area contributed by atoms with E-state index in [1.165, 1.54) is 6.26 Å². The molecule has 17 heavy (non-hydrogen) atoms. The molecule has 2 rings (SSSR count). The molecule has 0 aliphatic rings. The minimum Gasteiger partial charge on any atom is -0.463 e. The Labute approximate surface area is 103 Å². The van der Waals surface area contributed by atoms with Crippen LogP contribution >= 0.6 is 11.8 Å². The Hall–Kier alpha value is -1.73. The van der Waals surface area contributed by atoms with Gasteiger partial charge in [0.2, 0.25) is 5.43 Å². The van der Waals surface area contributed by atoms with E-state index >= 15 is 0 Å². The Morgan fingerprint density at radius 1 is 1.41 bits per heavy atom. The Morgan fingerprint density at radius 3 is 2.82 bits per heavy atom. The predicted octanol–water partition coefficient (Wildman–Crippen LogP) is 3.49. The van der Waals surface area contributed by atoms with Gasteiger partial charge in [-0.1, -0.05) is 19.9 Å². The van der Waals surface area contributed by atoms with Gasteiger partial charge < -0.3 is 4.42 Å². The van der Waals surface area contributed by atoms with Crippen molar-refractivity contribution in [2.45, 2.75) is 24.7 Å². The molecule has 86 valence electrons. The highest BCUT2D eigenvalue weighted by molar-refractivity contribution is 8.03. The fraction of sp³-hybridized carbons (Fsp3) is 0.231. The number of hydrogen-bond donors (Lipinski definition) is 0. The van der Waals surface area contributed by atoms with Gasteiger partial charge in [-0.2, -0.15) is 5.26 Å². The summed E-state index contributed by atoms with van der Waals surface area (Å²) < 4.78 is 5.34. The third-order valence-corrected chi connectivity index (χ3v) is 3.18. The molecule has 1 heterocycles.